The fourth-order valence-corrected chi connectivity index (χ4v) is 7.87. The second-order valence-electron chi connectivity index (χ2n) is 4.48. The van der Waals surface area contributed by atoms with Gasteiger partial charge in [0.05, 0.1) is 21.3 Å². The highest BCUT2D eigenvalue weighted by Gasteiger charge is 2.49. The van der Waals surface area contributed by atoms with Crippen LogP contribution in [0.2, 0.25) is 19.6 Å². The second kappa shape index (κ2) is 5.96. The first-order valence-corrected chi connectivity index (χ1v) is 10.5. The molecule has 0 aliphatic heterocycles. The Kier molecular flexibility index (Phi) is 5.90. The first-order chi connectivity index (χ1) is 7.19. The lowest BCUT2D eigenvalue weighted by Crippen LogP contribution is -2.44. The van der Waals surface area contributed by atoms with Gasteiger partial charge >= 0.3 is 13.6 Å². The molecule has 0 radical (unpaired) electrons. The van der Waals surface area contributed by atoms with Crippen LogP contribution in [0.4, 0.5) is 0 Å². The van der Waals surface area contributed by atoms with Gasteiger partial charge in [-0.25, -0.2) is 0 Å². The second-order valence-corrected chi connectivity index (χ2v) is 12.4. The largest absolute Gasteiger partial charge is 0.481 e. The molecule has 0 bridgehead atoms. The van der Waals surface area contributed by atoms with Gasteiger partial charge in [0.1, 0.15) is 5.28 Å². The standard InChI is InChI=1S/C9H21O5PSi/c1-6-13-15(12,14-7-2)9(8(10)11)16(3,4)5/h9H,6-7H2,1-5H3,(H,10,11)/t9-/m0/s1. The highest BCUT2D eigenvalue weighted by atomic mass is 31.2. The third-order valence-electron chi connectivity index (χ3n) is 1.99. The van der Waals surface area contributed by atoms with Gasteiger partial charge in [0.2, 0.25) is 0 Å². The van der Waals surface area contributed by atoms with Crippen molar-refractivity contribution >= 4 is 21.6 Å². The molecule has 1 atom stereocenters. The lowest BCUT2D eigenvalue weighted by molar-refractivity contribution is -0.135. The minimum absolute atomic E-state index is 0.186. The summed E-state index contributed by atoms with van der Waals surface area (Å²) in [6, 6.07) is 0. The van der Waals surface area contributed by atoms with Crippen molar-refractivity contribution in [3.63, 3.8) is 0 Å². The molecule has 0 saturated heterocycles. The smallest absolute Gasteiger partial charge is 0.342 e. The van der Waals surface area contributed by atoms with Gasteiger partial charge in [-0.3, -0.25) is 9.36 Å². The highest BCUT2D eigenvalue weighted by molar-refractivity contribution is 7.59. The van der Waals surface area contributed by atoms with Gasteiger partial charge in [0, 0.05) is 0 Å². The van der Waals surface area contributed by atoms with E-state index in [2.05, 4.69) is 0 Å². The summed E-state index contributed by atoms with van der Waals surface area (Å²) in [6.45, 7) is 9.25. The van der Waals surface area contributed by atoms with Gasteiger partial charge in [-0.1, -0.05) is 19.6 Å². The number of carbonyl (C=O) groups is 1. The van der Waals surface area contributed by atoms with Crippen molar-refractivity contribution in [2.24, 2.45) is 0 Å². The molecule has 0 spiro atoms. The predicted molar refractivity (Wildman–Crippen MR) is 65.6 cm³/mol. The average Bonchev–Trinajstić information content (AvgIpc) is 1.99. The minimum atomic E-state index is -3.54. The molecule has 0 aliphatic rings. The third-order valence-corrected chi connectivity index (χ3v) is 9.24. The number of hydrogen-bond donors (Lipinski definition) is 1. The minimum Gasteiger partial charge on any atom is -0.481 e. The Bertz CT molecular complexity index is 276. The Labute approximate surface area is 97.7 Å². The molecule has 0 aromatic carbocycles. The van der Waals surface area contributed by atoms with Gasteiger partial charge in [-0.05, 0) is 13.8 Å². The van der Waals surface area contributed by atoms with E-state index >= 15 is 0 Å². The predicted octanol–water partition coefficient (Wildman–Crippen LogP) is 2.58. The molecule has 5 nitrogen and oxygen atoms in total. The normalized spacial score (nSPS) is 14.8. The molecule has 0 aromatic heterocycles. The van der Waals surface area contributed by atoms with E-state index in [0.717, 1.165) is 0 Å². The van der Waals surface area contributed by atoms with E-state index in [1.54, 1.807) is 13.8 Å². The molecule has 0 saturated carbocycles. The fourth-order valence-electron chi connectivity index (χ4n) is 1.53. The summed E-state index contributed by atoms with van der Waals surface area (Å²) in [6.07, 6.45) is 0. The van der Waals surface area contributed by atoms with E-state index in [4.69, 9.17) is 9.05 Å². The fraction of sp³-hybridized carbons (Fsp3) is 0.889. The van der Waals surface area contributed by atoms with E-state index < -0.39 is 26.9 Å². The highest BCUT2D eigenvalue weighted by Crippen LogP contribution is 2.55. The van der Waals surface area contributed by atoms with Crippen molar-refractivity contribution in [1.29, 1.82) is 0 Å². The molecule has 1 N–H and O–H groups in total. The van der Waals surface area contributed by atoms with Crippen molar-refractivity contribution in [1.82, 2.24) is 0 Å². The van der Waals surface area contributed by atoms with Crippen molar-refractivity contribution in [3.05, 3.63) is 0 Å². The van der Waals surface area contributed by atoms with Crippen molar-refractivity contribution in [2.75, 3.05) is 13.2 Å². The van der Waals surface area contributed by atoms with Crippen molar-refractivity contribution in [2.45, 2.75) is 38.8 Å². The summed E-state index contributed by atoms with van der Waals surface area (Å²) in [5.74, 6) is -1.09. The van der Waals surface area contributed by atoms with Crippen LogP contribution in [-0.2, 0) is 18.4 Å². The van der Waals surface area contributed by atoms with Gasteiger partial charge in [-0.2, -0.15) is 0 Å². The van der Waals surface area contributed by atoms with Crippen LogP contribution in [0.5, 0.6) is 0 Å². The number of carboxylic acid groups (broad SMARTS) is 1. The summed E-state index contributed by atoms with van der Waals surface area (Å²) in [4.78, 5) is 11.2. The number of hydrogen-bond acceptors (Lipinski definition) is 4. The van der Waals surface area contributed by atoms with Crippen LogP contribution in [-0.4, -0.2) is 37.6 Å². The zero-order valence-corrected chi connectivity index (χ0v) is 12.4. The Hall–Kier alpha value is -0.163. The van der Waals surface area contributed by atoms with Crippen LogP contribution in [0, 0.1) is 0 Å². The third kappa shape index (κ3) is 4.01. The maximum atomic E-state index is 12.4. The SMILES string of the molecule is CCOP(=O)(OCC)[C@H](C(=O)O)[Si](C)(C)C. The van der Waals surface area contributed by atoms with Gasteiger partial charge < -0.3 is 14.2 Å². The number of rotatable bonds is 7. The van der Waals surface area contributed by atoms with Crippen LogP contribution in [0.25, 0.3) is 0 Å². The summed E-state index contributed by atoms with van der Waals surface area (Å²) in [7, 11) is -5.72. The zero-order chi connectivity index (χ0) is 13.0. The van der Waals surface area contributed by atoms with Crippen LogP contribution < -0.4 is 0 Å². The molecule has 0 rings (SSSR count). The molecule has 0 unspecified atom stereocenters. The molecule has 0 aliphatic carbocycles. The van der Waals surface area contributed by atoms with Gasteiger partial charge in [-0.15, -0.1) is 0 Å². The Morgan fingerprint density at radius 2 is 1.62 bits per heavy atom. The lowest BCUT2D eigenvalue weighted by Gasteiger charge is -2.31. The maximum Gasteiger partial charge on any atom is 0.342 e. The number of carboxylic acids is 1. The zero-order valence-electron chi connectivity index (χ0n) is 10.5. The number of aliphatic carboxylic acids is 1. The van der Waals surface area contributed by atoms with E-state index in [1.807, 2.05) is 19.6 Å². The maximum absolute atomic E-state index is 12.4. The van der Waals surface area contributed by atoms with Crippen LogP contribution in [0.1, 0.15) is 13.8 Å². The van der Waals surface area contributed by atoms with Gasteiger partial charge in [0.15, 0.2) is 0 Å². The Balaban J connectivity index is 5.27. The van der Waals surface area contributed by atoms with Gasteiger partial charge in [0.25, 0.3) is 0 Å². The van der Waals surface area contributed by atoms with E-state index in [-0.39, 0.29) is 13.2 Å². The molecule has 0 aromatic rings. The molecule has 96 valence electrons. The van der Waals surface area contributed by atoms with Crippen LogP contribution in [0.3, 0.4) is 0 Å². The molecular weight excluding hydrogens is 247 g/mol. The Morgan fingerprint density at radius 1 is 1.25 bits per heavy atom. The van der Waals surface area contributed by atoms with E-state index in [1.165, 1.54) is 0 Å². The molecular formula is C9H21O5PSi. The summed E-state index contributed by atoms with van der Waals surface area (Å²) < 4.78 is 22.6. The quantitative estimate of drug-likeness (QED) is 0.567. The summed E-state index contributed by atoms with van der Waals surface area (Å²) in [5, 5.41) is 8.19. The molecule has 7 heteroatoms. The van der Waals surface area contributed by atoms with Crippen LogP contribution >= 0.6 is 7.60 Å². The van der Waals surface area contributed by atoms with Crippen molar-refractivity contribution in [3.8, 4) is 0 Å². The Morgan fingerprint density at radius 3 is 1.81 bits per heavy atom. The van der Waals surface area contributed by atoms with E-state index in [0.29, 0.717) is 0 Å². The molecule has 0 amide bonds. The topological polar surface area (TPSA) is 72.8 Å². The monoisotopic (exact) mass is 268 g/mol. The first kappa shape index (κ1) is 15.8. The van der Waals surface area contributed by atoms with Crippen LogP contribution in [0.15, 0.2) is 0 Å². The first-order valence-electron chi connectivity index (χ1n) is 5.30. The molecule has 0 heterocycles. The summed E-state index contributed by atoms with van der Waals surface area (Å²) >= 11 is 0. The van der Waals surface area contributed by atoms with E-state index in [9.17, 15) is 14.5 Å². The lowest BCUT2D eigenvalue weighted by atomic mass is 10.8. The van der Waals surface area contributed by atoms with Crippen molar-refractivity contribution < 1.29 is 23.5 Å². The molecule has 16 heavy (non-hydrogen) atoms. The molecule has 0 fully saturated rings. The average molecular weight is 268 g/mol. The summed E-state index contributed by atoms with van der Waals surface area (Å²) in [5.41, 5.74) is 0.